The number of urea groups is 1. The minimum Gasteiger partial charge on any atom is -0.454 e. The maximum Gasteiger partial charge on any atom is 0.322 e. The first-order valence-electron chi connectivity index (χ1n) is 10.4. The third-order valence-corrected chi connectivity index (χ3v) is 8.84. The zero-order valence-electron chi connectivity index (χ0n) is 17.0. The number of carbonyl (C=O) groups is 2. The van der Waals surface area contributed by atoms with Crippen molar-refractivity contribution in [3.63, 3.8) is 0 Å². The Morgan fingerprint density at radius 3 is 2.56 bits per heavy atom. The van der Waals surface area contributed by atoms with Crippen LogP contribution < -0.4 is 10.6 Å². The van der Waals surface area contributed by atoms with E-state index in [4.69, 9.17) is 4.42 Å². The Morgan fingerprint density at radius 1 is 1.06 bits per heavy atom. The van der Waals surface area contributed by atoms with Gasteiger partial charge in [-0.2, -0.15) is 4.31 Å². The molecule has 1 aromatic carbocycles. The predicted molar refractivity (Wildman–Crippen MR) is 114 cm³/mol. The SMILES string of the molecule is O=C1NC(=O)C2(CCCC23CN(S(=O)(=O)c2ccc(-c4cc5ccccc5o4)nc2)C3)N1. The van der Waals surface area contributed by atoms with Crippen molar-refractivity contribution < 1.29 is 22.4 Å². The standard InChI is InChI=1S/C22H20N4O5S/c27-19-22(25-20(28)24-19)9-3-8-21(22)12-26(13-21)32(29,30)15-6-7-16(23-11-15)18-10-14-4-1-2-5-17(14)31-18/h1-2,4-7,10-11H,3,8-9,12-13H2,(H2,24,25,27,28). The topological polar surface area (TPSA) is 122 Å². The third kappa shape index (κ3) is 2.53. The molecule has 3 aromatic rings. The molecule has 2 spiro atoms. The smallest absolute Gasteiger partial charge is 0.322 e. The molecule has 10 heteroatoms. The van der Waals surface area contributed by atoms with Crippen LogP contribution in [0.4, 0.5) is 4.79 Å². The van der Waals surface area contributed by atoms with Crippen LogP contribution in [-0.2, 0) is 14.8 Å². The normalized spacial score (nSPS) is 24.8. The summed E-state index contributed by atoms with van der Waals surface area (Å²) in [6.07, 6.45) is 3.30. The summed E-state index contributed by atoms with van der Waals surface area (Å²) in [5.74, 6) is 0.211. The van der Waals surface area contributed by atoms with Gasteiger partial charge in [-0.1, -0.05) is 18.2 Å². The first kappa shape index (κ1) is 19.4. The lowest BCUT2D eigenvalue weighted by Crippen LogP contribution is -2.71. The molecule has 3 fully saturated rings. The number of hydrogen-bond acceptors (Lipinski definition) is 6. The van der Waals surface area contributed by atoms with Crippen LogP contribution in [-0.4, -0.2) is 48.3 Å². The summed E-state index contributed by atoms with van der Waals surface area (Å²) < 4.78 is 33.5. The molecule has 3 amide bonds. The summed E-state index contributed by atoms with van der Waals surface area (Å²) in [6.45, 7) is 0.378. The molecule has 2 aliphatic heterocycles. The van der Waals surface area contributed by atoms with Crippen LogP contribution in [0.3, 0.4) is 0 Å². The lowest BCUT2D eigenvalue weighted by Gasteiger charge is -2.53. The molecule has 32 heavy (non-hydrogen) atoms. The summed E-state index contributed by atoms with van der Waals surface area (Å²) in [5, 5.41) is 6.03. The second-order valence-electron chi connectivity index (χ2n) is 8.75. The van der Waals surface area contributed by atoms with Crippen LogP contribution in [0.25, 0.3) is 22.4 Å². The van der Waals surface area contributed by atoms with Gasteiger partial charge in [-0.3, -0.25) is 15.1 Å². The number of rotatable bonds is 3. The summed E-state index contributed by atoms with van der Waals surface area (Å²) >= 11 is 0. The fourth-order valence-electron chi connectivity index (χ4n) is 5.37. The van der Waals surface area contributed by atoms with Crippen LogP contribution in [0.1, 0.15) is 19.3 Å². The molecular weight excluding hydrogens is 432 g/mol. The van der Waals surface area contributed by atoms with E-state index >= 15 is 0 Å². The average Bonchev–Trinajstić information content (AvgIpc) is 3.42. The Kier molecular flexibility index (Phi) is 3.89. The van der Waals surface area contributed by atoms with E-state index in [2.05, 4.69) is 15.6 Å². The Bertz CT molecular complexity index is 1340. The Morgan fingerprint density at radius 2 is 1.88 bits per heavy atom. The van der Waals surface area contributed by atoms with Crippen LogP contribution in [0.15, 0.2) is 58.0 Å². The number of para-hydroxylation sites is 1. The highest BCUT2D eigenvalue weighted by Crippen LogP contribution is 2.54. The molecule has 1 saturated carbocycles. The highest BCUT2D eigenvalue weighted by atomic mass is 32.2. The quantitative estimate of drug-likeness (QED) is 0.588. The van der Waals surface area contributed by atoms with Gasteiger partial charge in [-0.15, -0.1) is 0 Å². The molecule has 6 rings (SSSR count). The van der Waals surface area contributed by atoms with Crippen LogP contribution >= 0.6 is 0 Å². The second-order valence-corrected chi connectivity index (χ2v) is 10.7. The molecule has 3 aliphatic rings. The number of furan rings is 1. The molecule has 9 nitrogen and oxygen atoms in total. The number of pyridine rings is 1. The molecule has 2 N–H and O–H groups in total. The molecule has 1 atom stereocenters. The van der Waals surface area contributed by atoms with Crippen LogP contribution in [0.2, 0.25) is 0 Å². The van der Waals surface area contributed by atoms with Gasteiger partial charge in [0.05, 0.1) is 0 Å². The Labute approximate surface area is 183 Å². The highest BCUT2D eigenvalue weighted by Gasteiger charge is 2.68. The van der Waals surface area contributed by atoms with Crippen molar-refractivity contribution in [3.05, 3.63) is 48.7 Å². The molecule has 2 saturated heterocycles. The van der Waals surface area contributed by atoms with Gasteiger partial charge in [-0.25, -0.2) is 13.2 Å². The lowest BCUT2D eigenvalue weighted by molar-refractivity contribution is -0.131. The van der Waals surface area contributed by atoms with Crippen molar-refractivity contribution >= 4 is 32.9 Å². The molecule has 1 unspecified atom stereocenters. The third-order valence-electron chi connectivity index (χ3n) is 7.06. The fourth-order valence-corrected chi connectivity index (χ4v) is 6.93. The van der Waals surface area contributed by atoms with E-state index < -0.39 is 27.0 Å². The Hall–Kier alpha value is -3.24. The van der Waals surface area contributed by atoms with Gasteiger partial charge in [0.1, 0.15) is 21.7 Å². The number of carbonyl (C=O) groups excluding carboxylic acids is 2. The first-order valence-corrected chi connectivity index (χ1v) is 11.9. The first-order chi connectivity index (χ1) is 15.3. The van der Waals surface area contributed by atoms with E-state index in [0.29, 0.717) is 24.3 Å². The summed E-state index contributed by atoms with van der Waals surface area (Å²) in [5.41, 5.74) is -0.307. The Balaban J connectivity index is 1.24. The number of aromatic nitrogens is 1. The van der Waals surface area contributed by atoms with Crippen molar-refractivity contribution in [1.82, 2.24) is 19.9 Å². The van der Waals surface area contributed by atoms with Crippen molar-refractivity contribution in [2.24, 2.45) is 5.41 Å². The number of sulfonamides is 1. The average molecular weight is 452 g/mol. The minimum absolute atomic E-state index is 0.0826. The number of benzene rings is 1. The van der Waals surface area contributed by atoms with Gasteiger partial charge in [0, 0.05) is 30.1 Å². The van der Waals surface area contributed by atoms with Gasteiger partial charge in [-0.05, 0) is 43.5 Å². The zero-order chi connectivity index (χ0) is 22.1. The molecule has 0 radical (unpaired) electrons. The van der Waals surface area contributed by atoms with E-state index in [1.54, 1.807) is 6.07 Å². The van der Waals surface area contributed by atoms with Gasteiger partial charge >= 0.3 is 6.03 Å². The predicted octanol–water partition coefficient (Wildman–Crippen LogP) is 2.25. The van der Waals surface area contributed by atoms with Gasteiger partial charge in [0.25, 0.3) is 5.91 Å². The maximum atomic E-state index is 13.2. The van der Waals surface area contributed by atoms with E-state index in [-0.39, 0.29) is 23.9 Å². The molecule has 164 valence electrons. The molecule has 2 aromatic heterocycles. The molecule has 1 aliphatic carbocycles. The molecule has 4 heterocycles. The number of nitrogens with zero attached hydrogens (tertiary/aromatic N) is 2. The molecular formula is C22H20N4O5S. The van der Waals surface area contributed by atoms with E-state index in [1.165, 1.54) is 16.6 Å². The summed E-state index contributed by atoms with van der Waals surface area (Å²) in [4.78, 5) is 28.7. The van der Waals surface area contributed by atoms with Gasteiger partial charge in [0.15, 0.2) is 5.76 Å². The maximum absolute atomic E-state index is 13.2. The number of imide groups is 1. The monoisotopic (exact) mass is 452 g/mol. The van der Waals surface area contributed by atoms with Crippen molar-refractivity contribution in [2.45, 2.75) is 29.7 Å². The van der Waals surface area contributed by atoms with E-state index in [0.717, 1.165) is 17.4 Å². The molecule has 0 bridgehead atoms. The van der Waals surface area contributed by atoms with Crippen LogP contribution in [0.5, 0.6) is 0 Å². The van der Waals surface area contributed by atoms with Crippen molar-refractivity contribution in [3.8, 4) is 11.5 Å². The van der Waals surface area contributed by atoms with E-state index in [9.17, 15) is 18.0 Å². The van der Waals surface area contributed by atoms with Crippen molar-refractivity contribution in [1.29, 1.82) is 0 Å². The minimum atomic E-state index is -3.77. The number of hydrogen-bond donors (Lipinski definition) is 2. The van der Waals surface area contributed by atoms with E-state index in [1.807, 2.05) is 30.3 Å². The summed E-state index contributed by atoms with van der Waals surface area (Å²) in [6, 6.07) is 12.1. The van der Waals surface area contributed by atoms with Gasteiger partial charge in [0.2, 0.25) is 10.0 Å². The fraction of sp³-hybridized carbons (Fsp3) is 0.318. The van der Waals surface area contributed by atoms with Gasteiger partial charge < -0.3 is 9.73 Å². The summed E-state index contributed by atoms with van der Waals surface area (Å²) in [7, 11) is -3.77. The number of amides is 3. The zero-order valence-corrected chi connectivity index (χ0v) is 17.8. The number of fused-ring (bicyclic) bond motifs is 2. The lowest BCUT2D eigenvalue weighted by atomic mass is 9.67. The van der Waals surface area contributed by atoms with Crippen LogP contribution in [0, 0.1) is 5.41 Å². The number of nitrogens with one attached hydrogen (secondary N) is 2. The second kappa shape index (κ2) is 6.39. The highest BCUT2D eigenvalue weighted by molar-refractivity contribution is 7.89. The van der Waals surface area contributed by atoms with Crippen molar-refractivity contribution in [2.75, 3.05) is 13.1 Å². The largest absolute Gasteiger partial charge is 0.454 e.